The summed E-state index contributed by atoms with van der Waals surface area (Å²) in [5.74, 6) is -0.390. The van der Waals surface area contributed by atoms with Gasteiger partial charge in [0.1, 0.15) is 29.7 Å². The number of amides is 1. The molecule has 3 aliphatic heterocycles. The second-order valence-electron chi connectivity index (χ2n) is 12.0. The molecular weight excluding hydrogens is 546 g/mol. The van der Waals surface area contributed by atoms with Crippen LogP contribution >= 0.6 is 11.6 Å². The molecule has 0 unspecified atom stereocenters. The van der Waals surface area contributed by atoms with Gasteiger partial charge >= 0.3 is 12.1 Å². The SMILES string of the molecule is CN(c1nc(OC[C@@]23CCCN2C[C@H](F)C3)nc2c(F)c(Cl)ncc12)[C@@H]1CCN(C(=O)OC(C)(C)C)[C@]1(C)[Si]. The number of alkyl halides is 1. The molecule has 5 rings (SSSR count). The van der Waals surface area contributed by atoms with E-state index in [1.807, 2.05) is 39.6 Å². The van der Waals surface area contributed by atoms with Crippen LogP contribution in [0.5, 0.6) is 6.01 Å². The molecule has 0 aromatic carbocycles. The maximum absolute atomic E-state index is 15.2. The highest BCUT2D eigenvalue weighted by atomic mass is 35.5. The second kappa shape index (κ2) is 9.95. The van der Waals surface area contributed by atoms with Crippen molar-refractivity contribution < 1.29 is 23.0 Å². The van der Waals surface area contributed by atoms with Crippen LogP contribution in [-0.4, -0.2) is 103 Å². The monoisotopic (exact) mass is 579 g/mol. The number of fused-ring (bicyclic) bond motifs is 2. The summed E-state index contributed by atoms with van der Waals surface area (Å²) >= 11 is 6.00. The minimum absolute atomic E-state index is 0.0184. The summed E-state index contributed by atoms with van der Waals surface area (Å²) in [6.45, 7) is 9.21. The fourth-order valence-corrected chi connectivity index (χ4v) is 6.92. The smallest absolute Gasteiger partial charge is 0.410 e. The molecule has 4 atom stereocenters. The molecule has 0 spiro atoms. The van der Waals surface area contributed by atoms with Crippen molar-refractivity contribution in [2.75, 3.05) is 38.2 Å². The predicted molar refractivity (Wildman–Crippen MR) is 145 cm³/mol. The topological polar surface area (TPSA) is 83.9 Å². The van der Waals surface area contributed by atoms with Gasteiger partial charge in [-0.1, -0.05) is 11.6 Å². The van der Waals surface area contributed by atoms with E-state index in [2.05, 4.69) is 30.1 Å². The lowest BCUT2D eigenvalue weighted by molar-refractivity contribution is 0.0195. The maximum atomic E-state index is 15.2. The molecule has 1 amide bonds. The number of rotatable bonds is 5. The summed E-state index contributed by atoms with van der Waals surface area (Å²) in [6.07, 6.45) is 2.88. The van der Waals surface area contributed by atoms with Gasteiger partial charge in [0.05, 0.1) is 27.2 Å². The Labute approximate surface area is 235 Å². The molecule has 0 aliphatic carbocycles. The molecule has 0 saturated carbocycles. The molecule has 39 heavy (non-hydrogen) atoms. The van der Waals surface area contributed by atoms with Gasteiger partial charge in [0, 0.05) is 37.9 Å². The number of anilines is 1. The van der Waals surface area contributed by atoms with E-state index in [4.69, 9.17) is 21.1 Å². The first kappa shape index (κ1) is 28.2. The number of carbonyl (C=O) groups is 1. The second-order valence-corrected chi connectivity index (χ2v) is 13.4. The molecule has 5 heterocycles. The van der Waals surface area contributed by atoms with E-state index in [0.717, 1.165) is 19.4 Å². The highest BCUT2D eigenvalue weighted by molar-refractivity contribution is 6.30. The van der Waals surface area contributed by atoms with Crippen molar-refractivity contribution in [3.63, 3.8) is 0 Å². The van der Waals surface area contributed by atoms with E-state index in [1.165, 1.54) is 6.20 Å². The first-order chi connectivity index (χ1) is 18.2. The van der Waals surface area contributed by atoms with E-state index in [0.29, 0.717) is 37.1 Å². The summed E-state index contributed by atoms with van der Waals surface area (Å²) in [4.78, 5) is 31.6. The van der Waals surface area contributed by atoms with E-state index < -0.39 is 34.4 Å². The molecular formula is C26H34ClF2N6O3Si. The molecule has 13 heteroatoms. The predicted octanol–water partition coefficient (Wildman–Crippen LogP) is 4.10. The van der Waals surface area contributed by atoms with Crippen LogP contribution in [0.25, 0.3) is 10.9 Å². The normalized spacial score (nSPS) is 29.2. The fourth-order valence-electron chi connectivity index (χ4n) is 6.24. The number of halogens is 3. The third-order valence-electron chi connectivity index (χ3n) is 8.08. The number of hydrogen-bond acceptors (Lipinski definition) is 8. The lowest BCUT2D eigenvalue weighted by atomic mass is 9.95. The van der Waals surface area contributed by atoms with Gasteiger partial charge in [-0.25, -0.2) is 18.6 Å². The van der Waals surface area contributed by atoms with Crippen LogP contribution in [0.1, 0.15) is 53.4 Å². The highest BCUT2D eigenvalue weighted by Crippen LogP contribution is 2.41. The van der Waals surface area contributed by atoms with E-state index in [1.54, 1.807) is 4.90 Å². The number of hydrogen-bond donors (Lipinski definition) is 0. The molecule has 0 bridgehead atoms. The minimum Gasteiger partial charge on any atom is -0.461 e. The first-order valence-electron chi connectivity index (χ1n) is 13.2. The van der Waals surface area contributed by atoms with Crippen molar-refractivity contribution >= 4 is 44.7 Å². The van der Waals surface area contributed by atoms with Gasteiger partial charge in [-0.05, 0) is 53.5 Å². The molecule has 3 aliphatic rings. The number of likely N-dealkylation sites (N-methyl/N-ethyl adjacent to an activating group) is 1. The van der Waals surface area contributed by atoms with Crippen molar-refractivity contribution in [2.45, 2.75) is 81.9 Å². The molecule has 3 fully saturated rings. The van der Waals surface area contributed by atoms with Crippen molar-refractivity contribution in [3.05, 3.63) is 17.2 Å². The lowest BCUT2D eigenvalue weighted by Crippen LogP contribution is -2.57. The molecule has 211 valence electrons. The Morgan fingerprint density at radius 1 is 1.33 bits per heavy atom. The number of pyridine rings is 1. The quantitative estimate of drug-likeness (QED) is 0.387. The Morgan fingerprint density at radius 2 is 2.08 bits per heavy atom. The van der Waals surface area contributed by atoms with Crippen LogP contribution in [-0.2, 0) is 4.74 Å². The van der Waals surface area contributed by atoms with Gasteiger partial charge in [0.2, 0.25) is 0 Å². The average molecular weight is 580 g/mol. The van der Waals surface area contributed by atoms with Crippen LogP contribution in [0, 0.1) is 5.82 Å². The zero-order valence-corrected chi connectivity index (χ0v) is 24.7. The summed E-state index contributed by atoms with van der Waals surface area (Å²) in [6, 6.07) is -0.288. The summed E-state index contributed by atoms with van der Waals surface area (Å²) in [5, 5.41) is -0.772. The Hall–Kier alpha value is -2.31. The standard InChI is InChI=1S/C26H34ClF2N6O3Si/c1-24(2,3)38-23(36)35-10-7-17(25(35,4)39)33(5)21-16-12-30-20(27)18(29)19(16)31-22(32-21)37-14-26-8-6-9-34(26)13-15(28)11-26/h12,15,17H,6-11,13-14H2,1-5H3/t15-,17-,25-,26+/m1/s1. The van der Waals surface area contributed by atoms with E-state index in [9.17, 15) is 9.18 Å². The number of ether oxygens (including phenoxy) is 2. The number of likely N-dealkylation sites (tertiary alicyclic amines) is 1. The summed E-state index contributed by atoms with van der Waals surface area (Å²) in [5.41, 5.74) is -1.07. The van der Waals surface area contributed by atoms with Crippen LogP contribution in [0.15, 0.2) is 6.20 Å². The van der Waals surface area contributed by atoms with Crippen LogP contribution in [0.2, 0.25) is 5.15 Å². The average Bonchev–Trinajstić information content (AvgIpc) is 3.47. The van der Waals surface area contributed by atoms with Crippen molar-refractivity contribution in [1.82, 2.24) is 24.8 Å². The van der Waals surface area contributed by atoms with E-state index in [-0.39, 0.29) is 29.3 Å². The van der Waals surface area contributed by atoms with Crippen molar-refractivity contribution in [1.29, 1.82) is 0 Å². The number of nitrogens with zero attached hydrogens (tertiary/aromatic N) is 6. The Kier molecular flexibility index (Phi) is 7.20. The zero-order valence-electron chi connectivity index (χ0n) is 22.9. The Balaban J connectivity index is 1.47. The Bertz CT molecular complexity index is 1280. The molecule has 2 aromatic rings. The van der Waals surface area contributed by atoms with Gasteiger partial charge in [0.25, 0.3) is 0 Å². The molecule has 0 N–H and O–H groups in total. The van der Waals surface area contributed by atoms with Crippen LogP contribution < -0.4 is 9.64 Å². The van der Waals surface area contributed by atoms with Gasteiger partial charge in [-0.15, -0.1) is 0 Å². The van der Waals surface area contributed by atoms with Gasteiger partial charge in [-0.2, -0.15) is 9.97 Å². The molecule has 2 aromatic heterocycles. The first-order valence-corrected chi connectivity index (χ1v) is 14.1. The Morgan fingerprint density at radius 3 is 2.79 bits per heavy atom. The van der Waals surface area contributed by atoms with Crippen molar-refractivity contribution in [3.8, 4) is 6.01 Å². The fraction of sp³-hybridized carbons (Fsp3) is 0.692. The lowest BCUT2D eigenvalue weighted by Gasteiger charge is -2.40. The molecule has 3 radical (unpaired) electrons. The van der Waals surface area contributed by atoms with Crippen LogP contribution in [0.3, 0.4) is 0 Å². The minimum atomic E-state index is -0.901. The number of aromatic nitrogens is 3. The third-order valence-corrected chi connectivity index (χ3v) is 8.95. The van der Waals surface area contributed by atoms with E-state index >= 15 is 4.39 Å². The van der Waals surface area contributed by atoms with Gasteiger partial charge < -0.3 is 19.3 Å². The maximum Gasteiger partial charge on any atom is 0.410 e. The van der Waals surface area contributed by atoms with Gasteiger partial charge in [0.15, 0.2) is 11.0 Å². The molecule has 3 saturated heterocycles. The third kappa shape index (κ3) is 5.15. The van der Waals surface area contributed by atoms with Gasteiger partial charge in [-0.3, -0.25) is 4.90 Å². The summed E-state index contributed by atoms with van der Waals surface area (Å²) < 4.78 is 41.2. The van der Waals surface area contributed by atoms with Crippen LogP contribution in [0.4, 0.5) is 19.4 Å². The van der Waals surface area contributed by atoms with Crippen molar-refractivity contribution in [2.24, 2.45) is 0 Å². The molecule has 9 nitrogen and oxygen atoms in total. The highest BCUT2D eigenvalue weighted by Gasteiger charge is 2.50. The zero-order chi connectivity index (χ0) is 28.3. The summed E-state index contributed by atoms with van der Waals surface area (Å²) in [7, 11) is 5.65. The largest absolute Gasteiger partial charge is 0.461 e. The number of carbonyl (C=O) groups excluding carboxylic acids is 1.